The van der Waals surface area contributed by atoms with Gasteiger partial charge in [0, 0.05) is 23.7 Å². The molecule has 1 amide bonds. The fourth-order valence-corrected chi connectivity index (χ4v) is 4.29. The molecule has 0 saturated carbocycles. The SMILES string of the molecule is Cc1ccc(C(=O)Nc2nc(C3CCCN3Cc3ccc(Cl)cn3)cs2)cc1. The van der Waals surface area contributed by atoms with Crippen molar-refractivity contribution in [2.45, 2.75) is 32.4 Å². The quantitative estimate of drug-likeness (QED) is 0.634. The van der Waals surface area contributed by atoms with Crippen LogP contribution >= 0.6 is 22.9 Å². The standard InChI is InChI=1S/C21H21ClN4OS/c1-14-4-6-15(7-5-14)20(27)25-21-24-18(13-28-21)19-3-2-10-26(19)12-17-9-8-16(22)11-23-17/h4-9,11,13,19H,2-3,10,12H2,1H3,(H,24,25,27). The molecule has 1 N–H and O–H groups in total. The van der Waals surface area contributed by atoms with E-state index in [1.165, 1.54) is 11.3 Å². The monoisotopic (exact) mass is 412 g/mol. The highest BCUT2D eigenvalue weighted by Crippen LogP contribution is 2.34. The number of halogens is 1. The molecule has 2 aromatic heterocycles. The number of nitrogens with zero attached hydrogens (tertiary/aromatic N) is 3. The zero-order chi connectivity index (χ0) is 19.5. The molecule has 7 heteroatoms. The summed E-state index contributed by atoms with van der Waals surface area (Å²) in [5.74, 6) is -0.130. The minimum Gasteiger partial charge on any atom is -0.298 e. The predicted octanol–water partition coefficient (Wildman–Crippen LogP) is 5.09. The molecule has 1 aliphatic rings. The Morgan fingerprint density at radius 2 is 2.11 bits per heavy atom. The van der Waals surface area contributed by atoms with Crippen molar-refractivity contribution in [1.29, 1.82) is 0 Å². The Kier molecular flexibility index (Phi) is 5.71. The highest BCUT2D eigenvalue weighted by molar-refractivity contribution is 7.14. The van der Waals surface area contributed by atoms with Crippen LogP contribution < -0.4 is 5.32 Å². The third-order valence-electron chi connectivity index (χ3n) is 4.91. The first-order chi connectivity index (χ1) is 13.6. The van der Waals surface area contributed by atoms with Crippen molar-refractivity contribution in [3.8, 4) is 0 Å². The summed E-state index contributed by atoms with van der Waals surface area (Å²) in [6, 6.07) is 11.6. The molecule has 3 aromatic rings. The Balaban J connectivity index is 1.43. The van der Waals surface area contributed by atoms with E-state index in [1.54, 1.807) is 6.20 Å². The Bertz CT molecular complexity index is 955. The number of amides is 1. The lowest BCUT2D eigenvalue weighted by molar-refractivity contribution is 0.102. The molecular weight excluding hydrogens is 392 g/mol. The van der Waals surface area contributed by atoms with Gasteiger partial charge in [0.1, 0.15) is 0 Å². The van der Waals surface area contributed by atoms with Crippen LogP contribution in [-0.4, -0.2) is 27.3 Å². The number of benzene rings is 1. The van der Waals surface area contributed by atoms with Gasteiger partial charge in [0.2, 0.25) is 0 Å². The molecule has 3 heterocycles. The Morgan fingerprint density at radius 1 is 1.29 bits per heavy atom. The number of rotatable bonds is 5. The summed E-state index contributed by atoms with van der Waals surface area (Å²) in [6.45, 7) is 3.78. The van der Waals surface area contributed by atoms with Crippen LogP contribution in [-0.2, 0) is 6.54 Å². The van der Waals surface area contributed by atoms with Crippen LogP contribution in [0.5, 0.6) is 0 Å². The van der Waals surface area contributed by atoms with Gasteiger partial charge in [0.25, 0.3) is 5.91 Å². The number of likely N-dealkylation sites (tertiary alicyclic amines) is 1. The van der Waals surface area contributed by atoms with E-state index in [0.29, 0.717) is 15.7 Å². The lowest BCUT2D eigenvalue weighted by atomic mass is 10.1. The maximum absolute atomic E-state index is 12.4. The van der Waals surface area contributed by atoms with Gasteiger partial charge in [-0.2, -0.15) is 0 Å². The molecule has 0 bridgehead atoms. The van der Waals surface area contributed by atoms with Gasteiger partial charge in [0.15, 0.2) is 5.13 Å². The zero-order valence-corrected chi connectivity index (χ0v) is 17.1. The number of aryl methyl sites for hydroxylation is 1. The van der Waals surface area contributed by atoms with Gasteiger partial charge >= 0.3 is 0 Å². The fourth-order valence-electron chi connectivity index (χ4n) is 3.43. The van der Waals surface area contributed by atoms with Gasteiger partial charge in [0.05, 0.1) is 22.5 Å². The molecule has 1 atom stereocenters. The van der Waals surface area contributed by atoms with Gasteiger partial charge in [-0.25, -0.2) is 4.98 Å². The summed E-state index contributed by atoms with van der Waals surface area (Å²) in [5, 5.41) is 6.24. The second-order valence-electron chi connectivity index (χ2n) is 6.99. The molecule has 1 saturated heterocycles. The van der Waals surface area contributed by atoms with E-state index >= 15 is 0 Å². The lowest BCUT2D eigenvalue weighted by Crippen LogP contribution is -2.23. The minimum atomic E-state index is -0.130. The van der Waals surface area contributed by atoms with E-state index in [0.717, 1.165) is 42.9 Å². The van der Waals surface area contributed by atoms with Crippen LogP contribution in [0.3, 0.4) is 0 Å². The number of hydrogen-bond donors (Lipinski definition) is 1. The van der Waals surface area contributed by atoms with E-state index in [4.69, 9.17) is 11.6 Å². The highest BCUT2D eigenvalue weighted by Gasteiger charge is 2.28. The Hall–Kier alpha value is -2.28. The van der Waals surface area contributed by atoms with Gasteiger partial charge in [-0.3, -0.25) is 20.0 Å². The molecule has 4 rings (SSSR count). The number of carbonyl (C=O) groups excluding carboxylic acids is 1. The van der Waals surface area contributed by atoms with Gasteiger partial charge in [-0.05, 0) is 50.6 Å². The van der Waals surface area contributed by atoms with Crippen molar-refractivity contribution < 1.29 is 4.79 Å². The van der Waals surface area contributed by atoms with Crippen LogP contribution in [0.4, 0.5) is 5.13 Å². The number of hydrogen-bond acceptors (Lipinski definition) is 5. The minimum absolute atomic E-state index is 0.130. The summed E-state index contributed by atoms with van der Waals surface area (Å²) in [4.78, 5) is 23.9. The third-order valence-corrected chi connectivity index (χ3v) is 5.91. The molecule has 144 valence electrons. The molecule has 5 nitrogen and oxygen atoms in total. The first kappa shape index (κ1) is 19.1. The molecular formula is C21H21ClN4OS. The largest absolute Gasteiger partial charge is 0.298 e. The maximum Gasteiger partial charge on any atom is 0.257 e. The topological polar surface area (TPSA) is 58.1 Å². The van der Waals surface area contributed by atoms with E-state index in [1.807, 2.05) is 48.7 Å². The van der Waals surface area contributed by atoms with E-state index in [2.05, 4.69) is 20.2 Å². The van der Waals surface area contributed by atoms with Crippen LogP contribution in [0.2, 0.25) is 5.02 Å². The Labute approximate surface area is 173 Å². The molecule has 1 aromatic carbocycles. The van der Waals surface area contributed by atoms with E-state index in [-0.39, 0.29) is 11.9 Å². The smallest absolute Gasteiger partial charge is 0.257 e. The number of nitrogens with one attached hydrogen (secondary N) is 1. The Morgan fingerprint density at radius 3 is 2.86 bits per heavy atom. The van der Waals surface area contributed by atoms with E-state index < -0.39 is 0 Å². The normalized spacial score (nSPS) is 17.0. The number of aromatic nitrogens is 2. The molecule has 0 radical (unpaired) electrons. The van der Waals surface area contributed by atoms with Crippen LogP contribution in [0.1, 0.15) is 46.2 Å². The van der Waals surface area contributed by atoms with Gasteiger partial charge in [-0.15, -0.1) is 11.3 Å². The van der Waals surface area contributed by atoms with Gasteiger partial charge < -0.3 is 0 Å². The second kappa shape index (κ2) is 8.39. The molecule has 0 aliphatic carbocycles. The first-order valence-electron chi connectivity index (χ1n) is 9.26. The van der Waals surface area contributed by atoms with Crippen LogP contribution in [0, 0.1) is 6.92 Å². The number of thiazole rings is 1. The summed E-state index contributed by atoms with van der Waals surface area (Å²) in [6.07, 6.45) is 3.87. The second-order valence-corrected chi connectivity index (χ2v) is 8.29. The average molecular weight is 413 g/mol. The summed E-state index contributed by atoms with van der Waals surface area (Å²) >= 11 is 7.40. The van der Waals surface area contributed by atoms with E-state index in [9.17, 15) is 4.79 Å². The summed E-state index contributed by atoms with van der Waals surface area (Å²) < 4.78 is 0. The van der Waals surface area contributed by atoms with Crippen molar-refractivity contribution in [1.82, 2.24) is 14.9 Å². The molecule has 0 spiro atoms. The summed E-state index contributed by atoms with van der Waals surface area (Å²) in [7, 11) is 0. The zero-order valence-electron chi connectivity index (χ0n) is 15.6. The predicted molar refractivity (Wildman–Crippen MR) is 113 cm³/mol. The molecule has 1 fully saturated rings. The van der Waals surface area contributed by atoms with Gasteiger partial charge in [-0.1, -0.05) is 29.3 Å². The van der Waals surface area contributed by atoms with Crippen LogP contribution in [0.15, 0.2) is 48.0 Å². The highest BCUT2D eigenvalue weighted by atomic mass is 35.5. The molecule has 1 unspecified atom stereocenters. The van der Waals surface area contributed by atoms with Crippen molar-refractivity contribution in [3.63, 3.8) is 0 Å². The lowest BCUT2D eigenvalue weighted by Gasteiger charge is -2.22. The third kappa shape index (κ3) is 4.41. The fraction of sp³-hybridized carbons (Fsp3) is 0.286. The number of carbonyl (C=O) groups is 1. The molecule has 28 heavy (non-hydrogen) atoms. The van der Waals surface area contributed by atoms with Crippen LogP contribution in [0.25, 0.3) is 0 Å². The van der Waals surface area contributed by atoms with Crippen molar-refractivity contribution in [3.05, 3.63) is 75.5 Å². The molecule has 1 aliphatic heterocycles. The first-order valence-corrected chi connectivity index (χ1v) is 10.5. The summed E-state index contributed by atoms with van der Waals surface area (Å²) in [5.41, 5.74) is 3.78. The maximum atomic E-state index is 12.4. The number of pyridine rings is 1. The van der Waals surface area contributed by atoms with Crippen molar-refractivity contribution in [2.24, 2.45) is 0 Å². The average Bonchev–Trinajstić information content (AvgIpc) is 3.33. The number of anilines is 1. The van der Waals surface area contributed by atoms with Crippen molar-refractivity contribution in [2.75, 3.05) is 11.9 Å². The van der Waals surface area contributed by atoms with Crippen molar-refractivity contribution >= 4 is 34.0 Å².